The molecule has 0 bridgehead atoms. The summed E-state index contributed by atoms with van der Waals surface area (Å²) in [7, 11) is 1.68. The smallest absolute Gasteiger partial charge is 0.0700 e. The minimum Gasteiger partial charge on any atom is -0.382 e. The van der Waals surface area contributed by atoms with Gasteiger partial charge in [0.05, 0.1) is 13.2 Å². The quantitative estimate of drug-likeness (QED) is 0.701. The summed E-state index contributed by atoms with van der Waals surface area (Å²) in [6.45, 7) is 4.38. The fraction of sp³-hybridized carbons (Fsp3) is 1.00. The molecule has 0 aliphatic heterocycles. The predicted molar refractivity (Wildman–Crippen MR) is 33.0 cm³/mol. The summed E-state index contributed by atoms with van der Waals surface area (Å²) in [5, 5.41) is 0. The first kappa shape index (κ1) is 12.8. The van der Waals surface area contributed by atoms with Gasteiger partial charge in [0.1, 0.15) is 0 Å². The number of ether oxygens (including phenoxy) is 2. The van der Waals surface area contributed by atoms with Gasteiger partial charge >= 0.3 is 0 Å². The molecule has 0 aromatic heterocycles. The Hall–Kier alpha value is 1.19. The van der Waals surface area contributed by atoms with Crippen molar-refractivity contribution in [2.75, 3.05) is 26.9 Å². The summed E-state index contributed by atoms with van der Waals surface area (Å²) in [4.78, 5) is 0. The maximum atomic E-state index is 5.10. The van der Waals surface area contributed by atoms with Crippen LogP contribution < -0.4 is 0 Å². The molecule has 0 aromatic carbocycles. The summed E-state index contributed by atoms with van der Waals surface area (Å²) in [5.41, 5.74) is 0. The Labute approximate surface area is 87.3 Å². The zero-order valence-corrected chi connectivity index (χ0v) is 7.99. The van der Waals surface area contributed by atoms with Crippen LogP contribution in [0, 0.1) is 38.2 Å². The minimum atomic E-state index is 0. The molecule has 0 aliphatic carbocycles. The van der Waals surface area contributed by atoms with Crippen molar-refractivity contribution in [3.63, 3.8) is 0 Å². The number of hydrogen-bond donors (Lipinski definition) is 0. The molecule has 0 radical (unpaired) electrons. The van der Waals surface area contributed by atoms with Gasteiger partial charge in [-0.15, -0.1) is 0 Å². The second-order valence-corrected chi connectivity index (χ2v) is 1.61. The molecule has 0 spiro atoms. The van der Waals surface area contributed by atoms with E-state index in [0.717, 1.165) is 19.6 Å². The Balaban J connectivity index is 0. The van der Waals surface area contributed by atoms with Crippen LogP contribution in [0.15, 0.2) is 0 Å². The fourth-order valence-corrected chi connectivity index (χ4v) is 0.389. The van der Waals surface area contributed by atoms with Gasteiger partial charge < -0.3 is 9.47 Å². The maximum Gasteiger partial charge on any atom is 0.0700 e. The van der Waals surface area contributed by atoms with Crippen molar-refractivity contribution in [3.05, 3.63) is 0 Å². The first-order chi connectivity index (χ1) is 3.91. The Morgan fingerprint density at radius 3 is 2.22 bits per heavy atom. The zero-order chi connectivity index (χ0) is 6.24. The molecule has 2 nitrogen and oxygen atoms in total. The largest absolute Gasteiger partial charge is 0.382 e. The number of hydrogen-bond acceptors (Lipinski definition) is 2. The van der Waals surface area contributed by atoms with Gasteiger partial charge in [-0.25, -0.2) is 0 Å². The molecular weight excluding hydrogens is 267 g/mol. The summed E-state index contributed by atoms with van der Waals surface area (Å²) >= 11 is 0. The van der Waals surface area contributed by atoms with Crippen molar-refractivity contribution in [2.45, 2.75) is 13.3 Å². The van der Waals surface area contributed by atoms with Crippen molar-refractivity contribution in [2.24, 2.45) is 0 Å². The SMILES string of the molecule is CCCOCCOC.[Dy]. The van der Waals surface area contributed by atoms with Gasteiger partial charge in [-0.1, -0.05) is 6.92 Å². The third kappa shape index (κ3) is 12.4. The standard InChI is InChI=1S/C6H14O2.Dy/c1-3-4-8-6-5-7-2;/h3-6H2,1-2H3;. The van der Waals surface area contributed by atoms with Gasteiger partial charge in [-0.05, 0) is 6.42 Å². The van der Waals surface area contributed by atoms with E-state index in [1.54, 1.807) is 7.11 Å². The normalized spacial score (nSPS) is 8.67. The molecule has 0 fully saturated rings. The van der Waals surface area contributed by atoms with Crippen molar-refractivity contribution >= 4 is 0 Å². The van der Waals surface area contributed by atoms with E-state index in [1.807, 2.05) is 0 Å². The van der Waals surface area contributed by atoms with Crippen LogP contribution in [0.1, 0.15) is 13.3 Å². The molecule has 60 valence electrons. The maximum absolute atomic E-state index is 5.10. The van der Waals surface area contributed by atoms with Crippen molar-refractivity contribution < 1.29 is 47.6 Å². The molecule has 0 rings (SSSR count). The van der Waals surface area contributed by atoms with E-state index in [9.17, 15) is 0 Å². The Morgan fingerprint density at radius 1 is 1.11 bits per heavy atom. The molecule has 0 saturated carbocycles. The molecule has 0 atom stereocenters. The van der Waals surface area contributed by atoms with E-state index >= 15 is 0 Å². The van der Waals surface area contributed by atoms with E-state index in [-0.39, 0.29) is 38.2 Å². The molecule has 0 aromatic rings. The van der Waals surface area contributed by atoms with Crippen LogP contribution in [-0.2, 0) is 9.47 Å². The van der Waals surface area contributed by atoms with Crippen LogP contribution in [0.25, 0.3) is 0 Å². The summed E-state index contributed by atoms with van der Waals surface area (Å²) in [6, 6.07) is 0. The van der Waals surface area contributed by atoms with Gasteiger partial charge in [0, 0.05) is 51.9 Å². The summed E-state index contributed by atoms with van der Waals surface area (Å²) < 4.78 is 9.86. The van der Waals surface area contributed by atoms with Crippen LogP contribution in [0.4, 0.5) is 0 Å². The van der Waals surface area contributed by atoms with Crippen LogP contribution >= 0.6 is 0 Å². The van der Waals surface area contributed by atoms with Crippen molar-refractivity contribution in [1.29, 1.82) is 0 Å². The monoisotopic (exact) mass is 282 g/mol. The first-order valence-electron chi connectivity index (χ1n) is 2.98. The average molecular weight is 281 g/mol. The summed E-state index contributed by atoms with van der Waals surface area (Å²) in [5.74, 6) is 0. The van der Waals surface area contributed by atoms with Crippen LogP contribution in [0.5, 0.6) is 0 Å². The number of rotatable bonds is 5. The van der Waals surface area contributed by atoms with Crippen molar-refractivity contribution in [3.8, 4) is 0 Å². The van der Waals surface area contributed by atoms with E-state index < -0.39 is 0 Å². The third-order valence-electron chi connectivity index (χ3n) is 0.780. The third-order valence-corrected chi connectivity index (χ3v) is 0.780. The molecule has 0 aliphatic rings. The summed E-state index contributed by atoms with van der Waals surface area (Å²) in [6.07, 6.45) is 1.09. The zero-order valence-electron chi connectivity index (χ0n) is 5.96. The molecule has 0 N–H and O–H groups in total. The second kappa shape index (κ2) is 11.9. The molecule has 0 saturated heterocycles. The molecular formula is C6H14DyO2. The van der Waals surface area contributed by atoms with E-state index in [0.29, 0.717) is 6.61 Å². The van der Waals surface area contributed by atoms with Crippen LogP contribution in [-0.4, -0.2) is 26.9 Å². The Bertz CT molecular complexity index is 36.0. The molecule has 9 heavy (non-hydrogen) atoms. The van der Waals surface area contributed by atoms with Gasteiger partial charge in [-0.2, -0.15) is 0 Å². The van der Waals surface area contributed by atoms with Crippen LogP contribution in [0.2, 0.25) is 0 Å². The first-order valence-corrected chi connectivity index (χ1v) is 2.98. The van der Waals surface area contributed by atoms with E-state index in [1.165, 1.54) is 0 Å². The Morgan fingerprint density at radius 2 is 1.78 bits per heavy atom. The van der Waals surface area contributed by atoms with E-state index in [2.05, 4.69) is 6.92 Å². The van der Waals surface area contributed by atoms with Crippen molar-refractivity contribution in [1.82, 2.24) is 0 Å². The fourth-order valence-electron chi connectivity index (χ4n) is 0.389. The molecule has 0 unspecified atom stereocenters. The van der Waals surface area contributed by atoms with Crippen LogP contribution in [0.3, 0.4) is 0 Å². The average Bonchev–Trinajstić information content (AvgIpc) is 1.81. The predicted octanol–water partition coefficient (Wildman–Crippen LogP) is 1.06. The van der Waals surface area contributed by atoms with Gasteiger partial charge in [0.2, 0.25) is 0 Å². The number of methoxy groups -OCH3 is 1. The van der Waals surface area contributed by atoms with Gasteiger partial charge in [0.25, 0.3) is 0 Å². The van der Waals surface area contributed by atoms with E-state index in [4.69, 9.17) is 9.47 Å². The van der Waals surface area contributed by atoms with Gasteiger partial charge in [0.15, 0.2) is 0 Å². The topological polar surface area (TPSA) is 18.5 Å². The minimum absolute atomic E-state index is 0. The second-order valence-electron chi connectivity index (χ2n) is 1.61. The molecule has 0 heterocycles. The van der Waals surface area contributed by atoms with Gasteiger partial charge in [-0.3, -0.25) is 0 Å². The Kier molecular flexibility index (Phi) is 17.0. The molecule has 3 heteroatoms. The molecule has 0 amide bonds.